The van der Waals surface area contributed by atoms with E-state index in [1.807, 2.05) is 13.0 Å². The van der Waals surface area contributed by atoms with E-state index >= 15 is 0 Å². The summed E-state index contributed by atoms with van der Waals surface area (Å²) in [4.78, 5) is 24.9. The third kappa shape index (κ3) is 4.91. The largest absolute Gasteiger partial charge is 0.348 e. The third-order valence-electron chi connectivity index (χ3n) is 4.24. The zero-order chi connectivity index (χ0) is 20.1. The zero-order valence-electron chi connectivity index (χ0n) is 15.1. The van der Waals surface area contributed by atoms with Crippen LogP contribution in [0.25, 0.3) is 0 Å². The highest BCUT2D eigenvalue weighted by Crippen LogP contribution is 2.21. The molecule has 6 heteroatoms. The SMILES string of the molecule is Cc1ccc(C(=O)NCc2ccc(Cl)cc2Cl)cc1NC(=O)c1ccccc1. The van der Waals surface area contributed by atoms with Crippen LogP contribution in [-0.2, 0) is 6.54 Å². The van der Waals surface area contributed by atoms with E-state index in [9.17, 15) is 9.59 Å². The molecule has 0 radical (unpaired) electrons. The topological polar surface area (TPSA) is 58.2 Å². The molecule has 2 amide bonds. The lowest BCUT2D eigenvalue weighted by Crippen LogP contribution is -2.23. The first kappa shape index (κ1) is 19.9. The normalized spacial score (nSPS) is 10.4. The summed E-state index contributed by atoms with van der Waals surface area (Å²) in [5, 5.41) is 6.72. The Kier molecular flexibility index (Phi) is 6.34. The number of rotatable bonds is 5. The van der Waals surface area contributed by atoms with E-state index in [1.54, 1.807) is 60.7 Å². The number of amides is 2. The van der Waals surface area contributed by atoms with Gasteiger partial charge in [-0.05, 0) is 54.4 Å². The minimum absolute atomic E-state index is 0.228. The van der Waals surface area contributed by atoms with Gasteiger partial charge in [-0.2, -0.15) is 0 Å². The van der Waals surface area contributed by atoms with Crippen molar-refractivity contribution in [3.63, 3.8) is 0 Å². The lowest BCUT2D eigenvalue weighted by atomic mass is 10.1. The van der Waals surface area contributed by atoms with Crippen LogP contribution < -0.4 is 10.6 Å². The average Bonchev–Trinajstić information content (AvgIpc) is 2.69. The van der Waals surface area contributed by atoms with Crippen LogP contribution >= 0.6 is 23.2 Å². The maximum Gasteiger partial charge on any atom is 0.255 e. The third-order valence-corrected chi connectivity index (χ3v) is 4.83. The Morgan fingerprint density at radius 2 is 1.61 bits per heavy atom. The van der Waals surface area contributed by atoms with Gasteiger partial charge in [0, 0.05) is 33.4 Å². The Labute approximate surface area is 173 Å². The molecule has 0 unspecified atom stereocenters. The average molecular weight is 413 g/mol. The van der Waals surface area contributed by atoms with Gasteiger partial charge in [0.2, 0.25) is 0 Å². The van der Waals surface area contributed by atoms with Crippen LogP contribution in [0.2, 0.25) is 10.0 Å². The summed E-state index contributed by atoms with van der Waals surface area (Å²) in [7, 11) is 0. The van der Waals surface area contributed by atoms with Gasteiger partial charge in [-0.3, -0.25) is 9.59 Å². The number of carbonyl (C=O) groups excluding carboxylic acids is 2. The first-order valence-corrected chi connectivity index (χ1v) is 9.39. The van der Waals surface area contributed by atoms with Crippen molar-refractivity contribution < 1.29 is 9.59 Å². The van der Waals surface area contributed by atoms with Crippen molar-refractivity contribution >= 4 is 40.7 Å². The second-order valence-electron chi connectivity index (χ2n) is 6.27. The quantitative estimate of drug-likeness (QED) is 0.582. The molecule has 0 atom stereocenters. The molecular formula is C22H18Cl2N2O2. The van der Waals surface area contributed by atoms with E-state index in [1.165, 1.54) is 0 Å². The first-order chi connectivity index (χ1) is 13.4. The van der Waals surface area contributed by atoms with Crippen LogP contribution in [-0.4, -0.2) is 11.8 Å². The predicted octanol–water partition coefficient (Wildman–Crippen LogP) is 5.48. The fourth-order valence-corrected chi connectivity index (χ4v) is 3.10. The van der Waals surface area contributed by atoms with E-state index in [0.29, 0.717) is 26.9 Å². The van der Waals surface area contributed by atoms with Gasteiger partial charge < -0.3 is 10.6 Å². The number of hydrogen-bond acceptors (Lipinski definition) is 2. The number of nitrogens with one attached hydrogen (secondary N) is 2. The van der Waals surface area contributed by atoms with Crippen molar-refractivity contribution in [2.75, 3.05) is 5.32 Å². The molecule has 3 aromatic carbocycles. The molecule has 142 valence electrons. The van der Waals surface area contributed by atoms with E-state index in [0.717, 1.165) is 11.1 Å². The molecule has 0 bridgehead atoms. The molecule has 3 rings (SSSR count). The van der Waals surface area contributed by atoms with E-state index < -0.39 is 0 Å². The van der Waals surface area contributed by atoms with Crippen LogP contribution in [0.15, 0.2) is 66.7 Å². The first-order valence-electron chi connectivity index (χ1n) is 8.63. The molecular weight excluding hydrogens is 395 g/mol. The number of benzene rings is 3. The molecule has 0 heterocycles. The van der Waals surface area contributed by atoms with Crippen molar-refractivity contribution in [1.29, 1.82) is 0 Å². The van der Waals surface area contributed by atoms with Gasteiger partial charge in [-0.15, -0.1) is 0 Å². The van der Waals surface area contributed by atoms with Crippen LogP contribution in [0.4, 0.5) is 5.69 Å². The van der Waals surface area contributed by atoms with Crippen molar-refractivity contribution in [2.45, 2.75) is 13.5 Å². The number of carbonyl (C=O) groups is 2. The summed E-state index contributed by atoms with van der Waals surface area (Å²) in [5.74, 6) is -0.490. The Balaban J connectivity index is 1.71. The highest BCUT2D eigenvalue weighted by Gasteiger charge is 2.12. The molecule has 4 nitrogen and oxygen atoms in total. The van der Waals surface area contributed by atoms with Gasteiger partial charge in [0.1, 0.15) is 0 Å². The maximum absolute atomic E-state index is 12.5. The summed E-state index contributed by atoms with van der Waals surface area (Å²) in [6.45, 7) is 2.14. The summed E-state index contributed by atoms with van der Waals surface area (Å²) in [5.41, 5.74) is 3.21. The highest BCUT2D eigenvalue weighted by molar-refractivity contribution is 6.35. The van der Waals surface area contributed by atoms with Crippen LogP contribution in [0.5, 0.6) is 0 Å². The molecule has 28 heavy (non-hydrogen) atoms. The number of anilines is 1. The minimum atomic E-state index is -0.263. The molecule has 0 aromatic heterocycles. The molecule has 0 aliphatic heterocycles. The smallest absolute Gasteiger partial charge is 0.255 e. The van der Waals surface area contributed by atoms with Crippen molar-refractivity contribution in [3.05, 3.63) is 99.0 Å². The van der Waals surface area contributed by atoms with Crippen LogP contribution in [0.1, 0.15) is 31.8 Å². The minimum Gasteiger partial charge on any atom is -0.348 e. The van der Waals surface area contributed by atoms with Crippen molar-refractivity contribution in [2.24, 2.45) is 0 Å². The Hall–Kier alpha value is -2.82. The monoisotopic (exact) mass is 412 g/mol. The number of hydrogen-bond donors (Lipinski definition) is 2. The Morgan fingerprint density at radius 3 is 2.32 bits per heavy atom. The maximum atomic E-state index is 12.5. The van der Waals surface area contributed by atoms with E-state index in [-0.39, 0.29) is 18.4 Å². The van der Waals surface area contributed by atoms with Crippen LogP contribution in [0.3, 0.4) is 0 Å². The van der Waals surface area contributed by atoms with E-state index in [4.69, 9.17) is 23.2 Å². The van der Waals surface area contributed by atoms with Gasteiger partial charge in [0.15, 0.2) is 0 Å². The fourth-order valence-electron chi connectivity index (χ4n) is 2.62. The fraction of sp³-hybridized carbons (Fsp3) is 0.0909. The van der Waals surface area contributed by atoms with Gasteiger partial charge in [-0.1, -0.05) is 53.5 Å². The van der Waals surface area contributed by atoms with Crippen molar-refractivity contribution in [3.8, 4) is 0 Å². The lowest BCUT2D eigenvalue weighted by Gasteiger charge is -2.12. The molecule has 0 aliphatic rings. The lowest BCUT2D eigenvalue weighted by molar-refractivity contribution is 0.0949. The second kappa shape index (κ2) is 8.91. The summed E-state index contributed by atoms with van der Waals surface area (Å²) >= 11 is 12.0. The van der Waals surface area contributed by atoms with Crippen LogP contribution in [0, 0.1) is 6.92 Å². The van der Waals surface area contributed by atoms with Gasteiger partial charge in [-0.25, -0.2) is 0 Å². The standard InChI is InChI=1S/C22H18Cl2N2O2/c1-14-7-8-16(11-20(14)26-22(28)15-5-3-2-4-6-15)21(27)25-13-17-9-10-18(23)12-19(17)24/h2-12H,13H2,1H3,(H,25,27)(H,26,28). The number of aryl methyl sites for hydroxylation is 1. The number of halogens is 2. The van der Waals surface area contributed by atoms with Gasteiger partial charge >= 0.3 is 0 Å². The zero-order valence-corrected chi connectivity index (χ0v) is 16.6. The van der Waals surface area contributed by atoms with Gasteiger partial charge in [0.25, 0.3) is 11.8 Å². The van der Waals surface area contributed by atoms with Crippen molar-refractivity contribution in [1.82, 2.24) is 5.32 Å². The Bertz CT molecular complexity index is 1020. The summed E-state index contributed by atoms with van der Waals surface area (Å²) in [6, 6.07) is 19.2. The summed E-state index contributed by atoms with van der Waals surface area (Å²) < 4.78 is 0. The predicted molar refractivity (Wildman–Crippen MR) is 113 cm³/mol. The molecule has 0 aliphatic carbocycles. The second-order valence-corrected chi connectivity index (χ2v) is 7.11. The molecule has 0 saturated heterocycles. The molecule has 3 aromatic rings. The van der Waals surface area contributed by atoms with E-state index in [2.05, 4.69) is 10.6 Å². The molecule has 0 spiro atoms. The molecule has 2 N–H and O–H groups in total. The molecule has 0 saturated carbocycles. The van der Waals surface area contributed by atoms with Gasteiger partial charge in [0.05, 0.1) is 0 Å². The summed E-state index contributed by atoms with van der Waals surface area (Å²) in [6.07, 6.45) is 0. The Morgan fingerprint density at radius 1 is 0.857 bits per heavy atom. The highest BCUT2D eigenvalue weighted by atomic mass is 35.5. The molecule has 0 fully saturated rings.